The van der Waals surface area contributed by atoms with Gasteiger partial charge in [-0.15, -0.1) is 0 Å². The highest BCUT2D eigenvalue weighted by Crippen LogP contribution is 2.27. The molecule has 2 aromatic carbocycles. The fourth-order valence-corrected chi connectivity index (χ4v) is 2.44. The number of carbonyl (C=O) groups excluding carboxylic acids is 1. The molecular weight excluding hydrogens is 306 g/mol. The zero-order valence-electron chi connectivity index (χ0n) is 14.0. The van der Waals surface area contributed by atoms with E-state index in [2.05, 4.69) is 5.32 Å². The average Bonchev–Trinajstić information content (AvgIpc) is 2.61. The van der Waals surface area contributed by atoms with Gasteiger partial charge in [0.1, 0.15) is 5.75 Å². The predicted octanol–water partition coefficient (Wildman–Crippen LogP) is 2.70. The van der Waals surface area contributed by atoms with Gasteiger partial charge in [-0.25, -0.2) is 0 Å². The molecular formula is C19H23NO4. The Morgan fingerprint density at radius 2 is 1.79 bits per heavy atom. The lowest BCUT2D eigenvalue weighted by atomic mass is 10.1. The van der Waals surface area contributed by atoms with Gasteiger partial charge in [0.2, 0.25) is 5.91 Å². The number of para-hydroxylation sites is 1. The molecule has 0 heterocycles. The van der Waals surface area contributed by atoms with Crippen molar-refractivity contribution in [3.63, 3.8) is 0 Å². The molecule has 0 atom stereocenters. The smallest absolute Gasteiger partial charge is 0.220 e. The van der Waals surface area contributed by atoms with Crippen LogP contribution in [0.2, 0.25) is 0 Å². The van der Waals surface area contributed by atoms with Crippen molar-refractivity contribution in [1.82, 2.24) is 5.32 Å². The minimum Gasteiger partial charge on any atom is -0.508 e. The second-order valence-corrected chi connectivity index (χ2v) is 5.42. The molecule has 128 valence electrons. The van der Waals surface area contributed by atoms with Gasteiger partial charge in [-0.2, -0.15) is 0 Å². The number of aryl methyl sites for hydroxylation is 1. The van der Waals surface area contributed by atoms with Crippen LogP contribution in [0, 0.1) is 0 Å². The third kappa shape index (κ3) is 4.91. The van der Waals surface area contributed by atoms with Gasteiger partial charge in [0.05, 0.1) is 14.2 Å². The first-order chi connectivity index (χ1) is 11.6. The summed E-state index contributed by atoms with van der Waals surface area (Å²) in [6.45, 7) is 0.551. The van der Waals surface area contributed by atoms with E-state index in [4.69, 9.17) is 9.47 Å². The van der Waals surface area contributed by atoms with E-state index in [9.17, 15) is 9.90 Å². The number of benzene rings is 2. The van der Waals surface area contributed by atoms with E-state index in [1.807, 2.05) is 30.3 Å². The van der Waals surface area contributed by atoms with E-state index in [0.717, 1.165) is 11.1 Å². The molecule has 24 heavy (non-hydrogen) atoms. The van der Waals surface area contributed by atoms with Crippen LogP contribution in [-0.2, 0) is 17.6 Å². The summed E-state index contributed by atoms with van der Waals surface area (Å²) in [7, 11) is 3.20. The number of carbonyl (C=O) groups is 1. The maximum atomic E-state index is 11.9. The molecule has 2 N–H and O–H groups in total. The van der Waals surface area contributed by atoms with Crippen LogP contribution in [0.15, 0.2) is 42.5 Å². The summed E-state index contributed by atoms with van der Waals surface area (Å²) in [4.78, 5) is 11.9. The number of methoxy groups -OCH3 is 2. The van der Waals surface area contributed by atoms with E-state index >= 15 is 0 Å². The number of hydrogen-bond donors (Lipinski definition) is 2. The minimum absolute atomic E-state index is 0.0290. The third-order valence-electron chi connectivity index (χ3n) is 3.80. The largest absolute Gasteiger partial charge is 0.508 e. The van der Waals surface area contributed by atoms with Gasteiger partial charge in [0.25, 0.3) is 0 Å². The van der Waals surface area contributed by atoms with Crippen molar-refractivity contribution >= 4 is 5.91 Å². The zero-order valence-corrected chi connectivity index (χ0v) is 14.0. The van der Waals surface area contributed by atoms with E-state index in [1.54, 1.807) is 26.4 Å². The predicted molar refractivity (Wildman–Crippen MR) is 92.7 cm³/mol. The molecule has 1 amide bonds. The first kappa shape index (κ1) is 17.7. The van der Waals surface area contributed by atoms with Crippen molar-refractivity contribution in [1.29, 1.82) is 0 Å². The summed E-state index contributed by atoms with van der Waals surface area (Å²) in [6, 6.07) is 12.8. The number of phenolic OH excluding ortho intramolecular Hbond substituents is 1. The molecule has 0 unspecified atom stereocenters. The Kier molecular flexibility index (Phi) is 6.49. The Balaban J connectivity index is 1.77. The molecule has 0 aliphatic rings. The van der Waals surface area contributed by atoms with Crippen molar-refractivity contribution < 1.29 is 19.4 Å². The molecule has 2 rings (SSSR count). The molecule has 2 aromatic rings. The molecule has 0 aliphatic heterocycles. The lowest BCUT2D eigenvalue weighted by Gasteiger charge is -2.10. The first-order valence-corrected chi connectivity index (χ1v) is 7.88. The molecule has 0 saturated heterocycles. The summed E-state index contributed by atoms with van der Waals surface area (Å²) < 4.78 is 10.5. The van der Waals surface area contributed by atoms with Gasteiger partial charge in [-0.3, -0.25) is 4.79 Å². The van der Waals surface area contributed by atoms with Gasteiger partial charge in [-0.1, -0.05) is 24.3 Å². The Hall–Kier alpha value is -2.69. The van der Waals surface area contributed by atoms with Gasteiger partial charge in [0.15, 0.2) is 11.5 Å². The molecule has 0 saturated carbocycles. The van der Waals surface area contributed by atoms with Gasteiger partial charge in [0, 0.05) is 13.0 Å². The van der Waals surface area contributed by atoms with Crippen molar-refractivity contribution in [2.45, 2.75) is 19.3 Å². The van der Waals surface area contributed by atoms with E-state index < -0.39 is 0 Å². The average molecular weight is 329 g/mol. The van der Waals surface area contributed by atoms with Crippen LogP contribution >= 0.6 is 0 Å². The van der Waals surface area contributed by atoms with Crippen LogP contribution in [0.3, 0.4) is 0 Å². The number of nitrogens with one attached hydrogen (secondary N) is 1. The minimum atomic E-state index is -0.0290. The topological polar surface area (TPSA) is 67.8 Å². The highest BCUT2D eigenvalue weighted by atomic mass is 16.5. The van der Waals surface area contributed by atoms with E-state index in [-0.39, 0.29) is 11.7 Å². The SMILES string of the molecule is COc1ccc(CCNC(=O)CCc2ccccc2O)cc1OC. The molecule has 0 fully saturated rings. The molecule has 0 bridgehead atoms. The Morgan fingerprint density at radius 3 is 2.50 bits per heavy atom. The number of phenols is 1. The van der Waals surface area contributed by atoms with Gasteiger partial charge >= 0.3 is 0 Å². The fraction of sp³-hybridized carbons (Fsp3) is 0.316. The van der Waals surface area contributed by atoms with Gasteiger partial charge in [-0.05, 0) is 42.2 Å². The van der Waals surface area contributed by atoms with E-state index in [1.165, 1.54) is 0 Å². The van der Waals surface area contributed by atoms with Crippen LogP contribution in [0.5, 0.6) is 17.2 Å². The lowest BCUT2D eigenvalue weighted by Crippen LogP contribution is -2.25. The van der Waals surface area contributed by atoms with Crippen LogP contribution in [0.4, 0.5) is 0 Å². The zero-order chi connectivity index (χ0) is 17.4. The van der Waals surface area contributed by atoms with Crippen molar-refractivity contribution in [2.24, 2.45) is 0 Å². The monoisotopic (exact) mass is 329 g/mol. The number of rotatable bonds is 8. The second kappa shape index (κ2) is 8.82. The van der Waals surface area contributed by atoms with Crippen molar-refractivity contribution in [2.75, 3.05) is 20.8 Å². The third-order valence-corrected chi connectivity index (χ3v) is 3.80. The maximum Gasteiger partial charge on any atom is 0.220 e. The van der Waals surface area contributed by atoms with Crippen LogP contribution in [0.25, 0.3) is 0 Å². The summed E-state index contributed by atoms with van der Waals surface area (Å²) in [6.07, 6.45) is 1.58. The summed E-state index contributed by atoms with van der Waals surface area (Å²) >= 11 is 0. The van der Waals surface area contributed by atoms with Crippen LogP contribution in [-0.4, -0.2) is 31.8 Å². The van der Waals surface area contributed by atoms with E-state index in [0.29, 0.717) is 37.3 Å². The highest BCUT2D eigenvalue weighted by Gasteiger charge is 2.07. The quantitative estimate of drug-likeness (QED) is 0.781. The number of aromatic hydroxyl groups is 1. The number of hydrogen-bond acceptors (Lipinski definition) is 4. The van der Waals surface area contributed by atoms with Gasteiger partial charge < -0.3 is 19.9 Å². The Labute approximate surface area is 142 Å². The maximum absolute atomic E-state index is 11.9. The molecule has 0 aliphatic carbocycles. The lowest BCUT2D eigenvalue weighted by molar-refractivity contribution is -0.121. The van der Waals surface area contributed by atoms with Crippen LogP contribution in [0.1, 0.15) is 17.5 Å². The Morgan fingerprint density at radius 1 is 1.04 bits per heavy atom. The van der Waals surface area contributed by atoms with Crippen molar-refractivity contribution in [3.05, 3.63) is 53.6 Å². The summed E-state index contributed by atoms with van der Waals surface area (Å²) in [5.41, 5.74) is 1.85. The summed E-state index contributed by atoms with van der Waals surface area (Å²) in [5.74, 6) is 1.57. The molecule has 5 nitrogen and oxygen atoms in total. The fourth-order valence-electron chi connectivity index (χ4n) is 2.44. The Bertz CT molecular complexity index is 685. The normalized spacial score (nSPS) is 10.2. The summed E-state index contributed by atoms with van der Waals surface area (Å²) in [5, 5.41) is 12.6. The molecule has 0 radical (unpaired) electrons. The number of ether oxygens (including phenoxy) is 2. The van der Waals surface area contributed by atoms with Crippen LogP contribution < -0.4 is 14.8 Å². The standard InChI is InChI=1S/C19H23NO4/c1-23-17-9-7-14(13-18(17)24-2)11-12-20-19(22)10-8-15-5-3-4-6-16(15)21/h3-7,9,13,21H,8,10-12H2,1-2H3,(H,20,22). The van der Waals surface area contributed by atoms with Crippen molar-refractivity contribution in [3.8, 4) is 17.2 Å². The highest BCUT2D eigenvalue weighted by molar-refractivity contribution is 5.76. The second-order valence-electron chi connectivity index (χ2n) is 5.42. The molecule has 5 heteroatoms. The molecule has 0 aromatic heterocycles. The number of amides is 1. The first-order valence-electron chi connectivity index (χ1n) is 7.88. The molecule has 0 spiro atoms.